The summed E-state index contributed by atoms with van der Waals surface area (Å²) in [6.45, 7) is 2.01. The second-order valence-electron chi connectivity index (χ2n) is 4.14. The van der Waals surface area contributed by atoms with Gasteiger partial charge in [0.15, 0.2) is 5.11 Å². The van der Waals surface area contributed by atoms with E-state index in [1.54, 1.807) is 24.3 Å². The Bertz CT molecular complexity index is 503. The number of ether oxygens (including phenoxy) is 1. The smallest absolute Gasteiger partial charge is 0.339 e. The summed E-state index contributed by atoms with van der Waals surface area (Å²) in [6, 6.07) is 6.79. The van der Waals surface area contributed by atoms with Crippen molar-refractivity contribution in [2.24, 2.45) is 0 Å². The van der Waals surface area contributed by atoms with Crippen LogP contribution in [0.5, 0.6) is 0 Å². The molecule has 0 aliphatic carbocycles. The number of benzene rings is 1. The molecule has 1 rings (SSSR count). The van der Waals surface area contributed by atoms with E-state index in [0.29, 0.717) is 17.7 Å². The van der Waals surface area contributed by atoms with Crippen LogP contribution in [0.2, 0.25) is 0 Å². The fourth-order valence-corrected chi connectivity index (χ4v) is 1.78. The standard InChI is InChI=1S/C14H18N2O3S/c1-3-4-9-12(17)16-14(20)15-11-8-6-5-7-10(11)13(18)19-2/h5-8H,3-4,9H2,1-2H3,(H2,15,16,17,20). The van der Waals surface area contributed by atoms with Crippen LogP contribution in [0.15, 0.2) is 24.3 Å². The zero-order chi connectivity index (χ0) is 15.0. The third kappa shape index (κ3) is 4.97. The molecule has 0 aliphatic rings. The van der Waals surface area contributed by atoms with Gasteiger partial charge in [-0.3, -0.25) is 4.79 Å². The number of hydrogen-bond donors (Lipinski definition) is 2. The highest BCUT2D eigenvalue weighted by Crippen LogP contribution is 2.15. The third-order valence-corrected chi connectivity index (χ3v) is 2.80. The number of methoxy groups -OCH3 is 1. The molecule has 0 aromatic heterocycles. The monoisotopic (exact) mass is 294 g/mol. The summed E-state index contributed by atoms with van der Waals surface area (Å²) in [5, 5.41) is 5.58. The number of anilines is 1. The van der Waals surface area contributed by atoms with E-state index in [2.05, 4.69) is 15.4 Å². The van der Waals surface area contributed by atoms with Crippen molar-refractivity contribution in [3.05, 3.63) is 29.8 Å². The van der Waals surface area contributed by atoms with Gasteiger partial charge in [-0.2, -0.15) is 0 Å². The minimum absolute atomic E-state index is 0.139. The summed E-state index contributed by atoms with van der Waals surface area (Å²) in [7, 11) is 1.31. The van der Waals surface area contributed by atoms with Crippen LogP contribution in [-0.2, 0) is 9.53 Å². The molecule has 0 bridgehead atoms. The number of nitrogens with one attached hydrogen (secondary N) is 2. The fourth-order valence-electron chi connectivity index (χ4n) is 1.56. The maximum atomic E-state index is 11.6. The van der Waals surface area contributed by atoms with E-state index < -0.39 is 5.97 Å². The molecule has 1 aromatic rings. The first kappa shape index (κ1) is 16.1. The molecular weight excluding hydrogens is 276 g/mol. The van der Waals surface area contributed by atoms with E-state index in [1.165, 1.54) is 7.11 Å². The summed E-state index contributed by atoms with van der Waals surface area (Å²) in [4.78, 5) is 23.1. The van der Waals surface area contributed by atoms with E-state index in [4.69, 9.17) is 12.2 Å². The van der Waals surface area contributed by atoms with E-state index in [9.17, 15) is 9.59 Å². The first-order valence-corrected chi connectivity index (χ1v) is 6.77. The van der Waals surface area contributed by atoms with Crippen LogP contribution >= 0.6 is 12.2 Å². The van der Waals surface area contributed by atoms with Crippen molar-refractivity contribution >= 4 is 34.9 Å². The topological polar surface area (TPSA) is 67.4 Å². The van der Waals surface area contributed by atoms with Crippen molar-refractivity contribution in [2.75, 3.05) is 12.4 Å². The molecule has 0 aliphatic heterocycles. The molecule has 20 heavy (non-hydrogen) atoms. The van der Waals surface area contributed by atoms with E-state index in [-0.39, 0.29) is 11.0 Å². The highest BCUT2D eigenvalue weighted by molar-refractivity contribution is 7.80. The number of amides is 1. The second-order valence-corrected chi connectivity index (χ2v) is 4.55. The first-order chi connectivity index (χ1) is 9.58. The number of carbonyl (C=O) groups excluding carboxylic acids is 2. The van der Waals surface area contributed by atoms with Crippen molar-refractivity contribution in [3.8, 4) is 0 Å². The van der Waals surface area contributed by atoms with Gasteiger partial charge in [0.25, 0.3) is 0 Å². The molecule has 5 nitrogen and oxygen atoms in total. The zero-order valence-electron chi connectivity index (χ0n) is 11.6. The molecule has 0 unspecified atom stereocenters. The number of unbranched alkanes of at least 4 members (excludes halogenated alkanes) is 1. The van der Waals surface area contributed by atoms with Crippen molar-refractivity contribution in [1.29, 1.82) is 0 Å². The molecule has 0 heterocycles. The van der Waals surface area contributed by atoms with Crippen molar-refractivity contribution in [2.45, 2.75) is 26.2 Å². The number of para-hydroxylation sites is 1. The van der Waals surface area contributed by atoms with Gasteiger partial charge >= 0.3 is 5.97 Å². The van der Waals surface area contributed by atoms with Crippen LogP contribution in [0.25, 0.3) is 0 Å². The van der Waals surface area contributed by atoms with Crippen LogP contribution in [0, 0.1) is 0 Å². The normalized spacial score (nSPS) is 9.70. The van der Waals surface area contributed by atoms with Gasteiger partial charge in [0, 0.05) is 6.42 Å². The first-order valence-electron chi connectivity index (χ1n) is 6.36. The lowest BCUT2D eigenvalue weighted by Gasteiger charge is -2.12. The van der Waals surface area contributed by atoms with Gasteiger partial charge in [0.2, 0.25) is 5.91 Å². The Morgan fingerprint density at radius 2 is 2.00 bits per heavy atom. The second kappa shape index (κ2) is 8.27. The largest absolute Gasteiger partial charge is 0.465 e. The van der Waals surface area contributed by atoms with Gasteiger partial charge < -0.3 is 15.4 Å². The number of hydrogen-bond acceptors (Lipinski definition) is 4. The lowest BCUT2D eigenvalue weighted by molar-refractivity contribution is -0.119. The van der Waals surface area contributed by atoms with Crippen LogP contribution in [-0.4, -0.2) is 24.1 Å². The maximum Gasteiger partial charge on any atom is 0.339 e. The number of rotatable bonds is 5. The van der Waals surface area contributed by atoms with Crippen LogP contribution < -0.4 is 10.6 Å². The van der Waals surface area contributed by atoms with Gasteiger partial charge in [-0.1, -0.05) is 25.5 Å². The predicted molar refractivity (Wildman–Crippen MR) is 81.7 cm³/mol. The molecule has 0 saturated heterocycles. The Morgan fingerprint density at radius 3 is 2.65 bits per heavy atom. The Balaban J connectivity index is 2.66. The Labute approximate surface area is 123 Å². The fraction of sp³-hybridized carbons (Fsp3) is 0.357. The van der Waals surface area contributed by atoms with Gasteiger partial charge in [-0.05, 0) is 30.8 Å². The minimum Gasteiger partial charge on any atom is -0.465 e. The molecule has 0 fully saturated rings. The maximum absolute atomic E-state index is 11.6. The van der Waals surface area contributed by atoms with E-state index >= 15 is 0 Å². The van der Waals surface area contributed by atoms with E-state index in [1.807, 2.05) is 6.92 Å². The van der Waals surface area contributed by atoms with Crippen LogP contribution in [0.4, 0.5) is 5.69 Å². The van der Waals surface area contributed by atoms with Gasteiger partial charge in [0.05, 0.1) is 18.4 Å². The highest BCUT2D eigenvalue weighted by atomic mass is 32.1. The number of thiocarbonyl (C=S) groups is 1. The zero-order valence-corrected chi connectivity index (χ0v) is 12.4. The molecule has 108 valence electrons. The molecule has 0 spiro atoms. The highest BCUT2D eigenvalue weighted by Gasteiger charge is 2.12. The summed E-state index contributed by atoms with van der Waals surface area (Å²) < 4.78 is 4.68. The lowest BCUT2D eigenvalue weighted by Crippen LogP contribution is -2.34. The quantitative estimate of drug-likeness (QED) is 0.645. The molecule has 1 aromatic carbocycles. The van der Waals surface area contributed by atoms with Crippen molar-refractivity contribution in [3.63, 3.8) is 0 Å². The Kier molecular flexibility index (Phi) is 6.66. The molecule has 6 heteroatoms. The summed E-state index contributed by atoms with van der Waals surface area (Å²) in [6.07, 6.45) is 2.18. The Morgan fingerprint density at radius 1 is 1.30 bits per heavy atom. The number of esters is 1. The molecule has 0 radical (unpaired) electrons. The Hall–Kier alpha value is -1.95. The van der Waals surface area contributed by atoms with Crippen LogP contribution in [0.3, 0.4) is 0 Å². The number of carbonyl (C=O) groups is 2. The summed E-state index contributed by atoms with van der Waals surface area (Å²) in [5.74, 6) is -0.604. The molecular formula is C14H18N2O3S. The van der Waals surface area contributed by atoms with Crippen LogP contribution in [0.1, 0.15) is 36.5 Å². The van der Waals surface area contributed by atoms with Crippen molar-refractivity contribution < 1.29 is 14.3 Å². The average Bonchev–Trinajstić information content (AvgIpc) is 2.44. The van der Waals surface area contributed by atoms with E-state index in [0.717, 1.165) is 12.8 Å². The average molecular weight is 294 g/mol. The molecule has 1 amide bonds. The van der Waals surface area contributed by atoms with Gasteiger partial charge in [-0.25, -0.2) is 4.79 Å². The predicted octanol–water partition coefficient (Wildman–Crippen LogP) is 2.48. The van der Waals surface area contributed by atoms with Gasteiger partial charge in [0.1, 0.15) is 0 Å². The lowest BCUT2D eigenvalue weighted by atomic mass is 10.2. The van der Waals surface area contributed by atoms with Crippen molar-refractivity contribution in [1.82, 2.24) is 5.32 Å². The summed E-state index contributed by atoms with van der Waals surface area (Å²) in [5.41, 5.74) is 0.861. The third-order valence-electron chi connectivity index (χ3n) is 2.59. The van der Waals surface area contributed by atoms with Gasteiger partial charge in [-0.15, -0.1) is 0 Å². The minimum atomic E-state index is -0.465. The SMILES string of the molecule is CCCCC(=O)NC(=S)Nc1ccccc1C(=O)OC. The molecule has 2 N–H and O–H groups in total. The molecule has 0 saturated carbocycles. The molecule has 0 atom stereocenters. The summed E-state index contributed by atoms with van der Waals surface area (Å²) >= 11 is 5.05.